The summed E-state index contributed by atoms with van der Waals surface area (Å²) in [6.45, 7) is 6.67. The van der Waals surface area contributed by atoms with Gasteiger partial charge in [0.15, 0.2) is 0 Å². The van der Waals surface area contributed by atoms with Gasteiger partial charge >= 0.3 is 0 Å². The average Bonchev–Trinajstić information content (AvgIpc) is 2.56. The maximum Gasteiger partial charge on any atom is 0.253 e. The smallest absolute Gasteiger partial charge is 0.253 e. The summed E-state index contributed by atoms with van der Waals surface area (Å²) < 4.78 is 12.9. The first kappa shape index (κ1) is 15.4. The third-order valence-corrected chi connectivity index (χ3v) is 5.20. The second kappa shape index (κ2) is 6.75. The molecule has 2 N–H and O–H groups in total. The fraction of sp³-hybridized carbons (Fsp3) is 0.588. The Bertz CT molecular complexity index is 503. The maximum absolute atomic E-state index is 12.9. The monoisotopic (exact) mass is 307 g/mol. The number of likely N-dealkylation sites (N-methyl/N-ethyl adjacent to an activating group) is 1. The van der Waals surface area contributed by atoms with Gasteiger partial charge in [0.2, 0.25) is 0 Å². The van der Waals surface area contributed by atoms with Crippen LogP contribution in [0.25, 0.3) is 0 Å². The van der Waals surface area contributed by atoms with E-state index in [9.17, 15) is 9.18 Å². The molecule has 0 spiro atoms. The molecule has 1 amide bonds. The molecule has 3 rings (SSSR count). The summed E-state index contributed by atoms with van der Waals surface area (Å²) in [4.78, 5) is 17.7. The number of nitrogens with one attached hydrogen (secondary N) is 2. The van der Waals surface area contributed by atoms with E-state index in [0.29, 0.717) is 11.6 Å². The Morgan fingerprint density at radius 2 is 1.68 bits per heavy atom. The van der Waals surface area contributed by atoms with Crippen molar-refractivity contribution in [3.8, 4) is 0 Å². The molecule has 0 unspecified atom stereocenters. The lowest BCUT2D eigenvalue weighted by Gasteiger charge is -2.38. The number of likely N-dealkylation sites (tertiary alicyclic amines) is 1. The molecule has 0 atom stereocenters. The normalized spacial score (nSPS) is 26.9. The molecule has 4 nitrogen and oxygen atoms in total. The molecule has 5 heteroatoms. The molecular weight excluding hydrogens is 281 g/mol. The number of piperidine rings is 1. The molecule has 2 saturated heterocycles. The Labute approximate surface area is 131 Å². The molecule has 1 aromatic rings. The predicted octanol–water partition coefficient (Wildman–Crippen LogP) is -1.16. The summed E-state index contributed by atoms with van der Waals surface area (Å²) in [5, 5.41) is 0. The number of hydrogen-bond donors (Lipinski definition) is 2. The van der Waals surface area contributed by atoms with E-state index in [1.165, 1.54) is 38.3 Å². The molecule has 2 fully saturated rings. The average molecular weight is 307 g/mol. The number of benzene rings is 1. The van der Waals surface area contributed by atoms with E-state index in [2.05, 4.69) is 7.05 Å². The number of amides is 1. The molecular formula is C17H26FN3O+2. The number of carbonyl (C=O) groups excluding carboxylic acids is 1. The molecule has 0 aliphatic carbocycles. The van der Waals surface area contributed by atoms with Crippen LogP contribution >= 0.6 is 0 Å². The summed E-state index contributed by atoms with van der Waals surface area (Å²) in [6, 6.07) is 6.58. The van der Waals surface area contributed by atoms with Crippen molar-refractivity contribution in [2.75, 3.05) is 46.3 Å². The van der Waals surface area contributed by atoms with Gasteiger partial charge in [0, 0.05) is 31.5 Å². The standard InChI is InChI=1S/C17H24FN3O/c1-19-10-12-20(13-11-19)16-6-8-21(9-7-16)17(22)14-2-4-15(18)5-3-14/h2-5,16H,6-13H2,1H3/p+2. The molecule has 120 valence electrons. The SMILES string of the molecule is C[NH+]1CC[NH+](C2CCN(C(=O)c3ccc(F)cc3)CC2)CC1. The number of piperazine rings is 1. The van der Waals surface area contributed by atoms with Gasteiger partial charge in [-0.3, -0.25) is 4.79 Å². The van der Waals surface area contributed by atoms with E-state index >= 15 is 0 Å². The molecule has 2 aliphatic rings. The van der Waals surface area contributed by atoms with Gasteiger partial charge in [-0.05, 0) is 24.3 Å². The van der Waals surface area contributed by atoms with Gasteiger partial charge in [-0.15, -0.1) is 0 Å². The Morgan fingerprint density at radius 1 is 1.09 bits per heavy atom. The van der Waals surface area contributed by atoms with Crippen molar-refractivity contribution in [3.63, 3.8) is 0 Å². The van der Waals surface area contributed by atoms with Gasteiger partial charge in [-0.25, -0.2) is 4.39 Å². The van der Waals surface area contributed by atoms with Crippen molar-refractivity contribution in [3.05, 3.63) is 35.6 Å². The highest BCUT2D eigenvalue weighted by Crippen LogP contribution is 2.13. The molecule has 22 heavy (non-hydrogen) atoms. The Morgan fingerprint density at radius 3 is 2.27 bits per heavy atom. The van der Waals surface area contributed by atoms with Crippen molar-refractivity contribution in [2.45, 2.75) is 18.9 Å². The van der Waals surface area contributed by atoms with Gasteiger partial charge in [0.05, 0.1) is 13.1 Å². The zero-order valence-electron chi connectivity index (χ0n) is 13.3. The second-order valence-electron chi connectivity index (χ2n) is 6.69. The first-order valence-corrected chi connectivity index (χ1v) is 8.34. The fourth-order valence-electron chi connectivity index (χ4n) is 3.67. The fourth-order valence-corrected chi connectivity index (χ4v) is 3.67. The first-order chi connectivity index (χ1) is 10.6. The number of quaternary nitrogens is 2. The van der Waals surface area contributed by atoms with Crippen molar-refractivity contribution in [1.82, 2.24) is 4.90 Å². The second-order valence-corrected chi connectivity index (χ2v) is 6.69. The lowest BCUT2D eigenvalue weighted by Crippen LogP contribution is -3.28. The van der Waals surface area contributed by atoms with E-state index < -0.39 is 0 Å². The summed E-state index contributed by atoms with van der Waals surface area (Å²) in [7, 11) is 2.26. The Hall–Kier alpha value is -1.46. The zero-order valence-corrected chi connectivity index (χ0v) is 13.3. The lowest BCUT2D eigenvalue weighted by atomic mass is 10.0. The topological polar surface area (TPSA) is 29.2 Å². The van der Waals surface area contributed by atoms with Crippen molar-refractivity contribution in [2.24, 2.45) is 0 Å². The summed E-state index contributed by atoms with van der Waals surface area (Å²) in [6.07, 6.45) is 2.17. The van der Waals surface area contributed by atoms with Gasteiger partial charge < -0.3 is 14.7 Å². The number of halogens is 1. The summed E-state index contributed by atoms with van der Waals surface area (Å²) in [5.41, 5.74) is 0.593. The quantitative estimate of drug-likeness (QED) is 0.709. The van der Waals surface area contributed by atoms with E-state index in [4.69, 9.17) is 0 Å². The van der Waals surface area contributed by atoms with Crippen LogP contribution in [0.15, 0.2) is 24.3 Å². The van der Waals surface area contributed by atoms with Crippen molar-refractivity contribution >= 4 is 5.91 Å². The Balaban J connectivity index is 1.53. The third kappa shape index (κ3) is 3.47. The van der Waals surface area contributed by atoms with Gasteiger partial charge in [0.1, 0.15) is 32.0 Å². The summed E-state index contributed by atoms with van der Waals surface area (Å²) in [5.74, 6) is -0.257. The van der Waals surface area contributed by atoms with Crippen LogP contribution in [-0.2, 0) is 0 Å². The van der Waals surface area contributed by atoms with Crippen LogP contribution in [0.4, 0.5) is 4.39 Å². The van der Waals surface area contributed by atoms with Crippen LogP contribution in [0.5, 0.6) is 0 Å². The molecule has 0 radical (unpaired) electrons. The molecule has 1 aromatic carbocycles. The molecule has 2 aliphatic heterocycles. The van der Waals surface area contributed by atoms with E-state index in [0.717, 1.165) is 25.9 Å². The number of rotatable bonds is 2. The Kier molecular flexibility index (Phi) is 4.74. The summed E-state index contributed by atoms with van der Waals surface area (Å²) >= 11 is 0. The molecule has 0 saturated carbocycles. The number of carbonyl (C=O) groups is 1. The predicted molar refractivity (Wildman–Crippen MR) is 82.6 cm³/mol. The maximum atomic E-state index is 12.9. The van der Waals surface area contributed by atoms with E-state index in [1.54, 1.807) is 21.9 Å². The molecule has 0 bridgehead atoms. The van der Waals surface area contributed by atoms with Crippen LogP contribution in [0, 0.1) is 5.82 Å². The lowest BCUT2D eigenvalue weighted by molar-refractivity contribution is -1.02. The van der Waals surface area contributed by atoms with E-state index in [1.807, 2.05) is 4.90 Å². The highest BCUT2D eigenvalue weighted by atomic mass is 19.1. The van der Waals surface area contributed by atoms with Crippen LogP contribution in [0.1, 0.15) is 23.2 Å². The highest BCUT2D eigenvalue weighted by molar-refractivity contribution is 5.94. The van der Waals surface area contributed by atoms with Crippen LogP contribution in [0.3, 0.4) is 0 Å². The van der Waals surface area contributed by atoms with Crippen LogP contribution < -0.4 is 9.80 Å². The van der Waals surface area contributed by atoms with Gasteiger partial charge in [-0.2, -0.15) is 0 Å². The minimum Gasteiger partial charge on any atom is -0.338 e. The number of nitrogens with zero attached hydrogens (tertiary/aromatic N) is 1. The highest BCUT2D eigenvalue weighted by Gasteiger charge is 2.32. The van der Waals surface area contributed by atoms with E-state index in [-0.39, 0.29) is 11.7 Å². The minimum absolute atomic E-state index is 0.0382. The molecule has 0 aromatic heterocycles. The van der Waals surface area contributed by atoms with Crippen LogP contribution in [-0.4, -0.2) is 63.2 Å². The van der Waals surface area contributed by atoms with Crippen LogP contribution in [0.2, 0.25) is 0 Å². The minimum atomic E-state index is -0.295. The molecule has 2 heterocycles. The van der Waals surface area contributed by atoms with Gasteiger partial charge in [-0.1, -0.05) is 0 Å². The van der Waals surface area contributed by atoms with Crippen molar-refractivity contribution in [1.29, 1.82) is 0 Å². The zero-order chi connectivity index (χ0) is 15.5. The number of hydrogen-bond acceptors (Lipinski definition) is 1. The van der Waals surface area contributed by atoms with Gasteiger partial charge in [0.25, 0.3) is 5.91 Å². The first-order valence-electron chi connectivity index (χ1n) is 8.34. The third-order valence-electron chi connectivity index (χ3n) is 5.20. The van der Waals surface area contributed by atoms with Crippen molar-refractivity contribution < 1.29 is 19.0 Å². The largest absolute Gasteiger partial charge is 0.338 e.